The number of rotatable bonds is 2. The Labute approximate surface area is 97.8 Å². The number of hydrogen-bond donors (Lipinski definition) is 1. The van der Waals surface area contributed by atoms with Gasteiger partial charge in [0.15, 0.2) is 0 Å². The van der Waals surface area contributed by atoms with Crippen LogP contribution in [0.1, 0.15) is 44.9 Å². The van der Waals surface area contributed by atoms with Crippen LogP contribution in [0.4, 0.5) is 0 Å². The van der Waals surface area contributed by atoms with E-state index in [4.69, 9.17) is 5.11 Å². The SMILES string of the molecule is O=C(C1CCC(CO)CC1)N1CCCCC1. The van der Waals surface area contributed by atoms with E-state index in [2.05, 4.69) is 4.90 Å². The summed E-state index contributed by atoms with van der Waals surface area (Å²) in [4.78, 5) is 14.3. The monoisotopic (exact) mass is 225 g/mol. The lowest BCUT2D eigenvalue weighted by atomic mass is 9.81. The lowest BCUT2D eigenvalue weighted by Crippen LogP contribution is -2.40. The van der Waals surface area contributed by atoms with Crippen LogP contribution in [-0.2, 0) is 4.79 Å². The molecule has 2 rings (SSSR count). The molecular formula is C13H23NO2. The minimum atomic E-state index is 0.251. The number of piperidine rings is 1. The fourth-order valence-corrected chi connectivity index (χ4v) is 2.96. The van der Waals surface area contributed by atoms with Gasteiger partial charge in [-0.2, -0.15) is 0 Å². The molecule has 0 aromatic rings. The second-order valence-corrected chi connectivity index (χ2v) is 5.29. The first kappa shape index (κ1) is 11.9. The summed E-state index contributed by atoms with van der Waals surface area (Å²) in [6.45, 7) is 2.24. The maximum Gasteiger partial charge on any atom is 0.225 e. The van der Waals surface area contributed by atoms with Gasteiger partial charge in [-0.1, -0.05) is 0 Å². The summed E-state index contributed by atoms with van der Waals surface area (Å²) < 4.78 is 0. The summed E-state index contributed by atoms with van der Waals surface area (Å²) in [5, 5.41) is 9.07. The van der Waals surface area contributed by atoms with Crippen molar-refractivity contribution in [2.75, 3.05) is 19.7 Å². The van der Waals surface area contributed by atoms with Crippen LogP contribution in [0.2, 0.25) is 0 Å². The van der Waals surface area contributed by atoms with Gasteiger partial charge in [0.1, 0.15) is 0 Å². The van der Waals surface area contributed by atoms with E-state index in [1.165, 1.54) is 19.3 Å². The first-order valence-corrected chi connectivity index (χ1v) is 6.71. The Morgan fingerprint density at radius 2 is 1.69 bits per heavy atom. The van der Waals surface area contributed by atoms with E-state index in [0.29, 0.717) is 18.4 Å². The molecule has 0 spiro atoms. The maximum atomic E-state index is 12.2. The van der Waals surface area contributed by atoms with Crippen molar-refractivity contribution in [1.29, 1.82) is 0 Å². The van der Waals surface area contributed by atoms with Crippen LogP contribution in [-0.4, -0.2) is 35.6 Å². The number of nitrogens with zero attached hydrogens (tertiary/aromatic N) is 1. The number of carbonyl (C=O) groups excluding carboxylic acids is 1. The average molecular weight is 225 g/mol. The molecule has 1 aliphatic carbocycles. The summed E-state index contributed by atoms with van der Waals surface area (Å²) in [5.74, 6) is 1.09. The van der Waals surface area contributed by atoms with Gasteiger partial charge in [0.05, 0.1) is 0 Å². The normalized spacial score (nSPS) is 31.4. The smallest absolute Gasteiger partial charge is 0.225 e. The standard InChI is InChI=1S/C13H23NO2/c15-10-11-4-6-12(7-5-11)13(16)14-8-2-1-3-9-14/h11-12,15H,1-10H2. The third kappa shape index (κ3) is 2.76. The molecule has 1 aliphatic heterocycles. The highest BCUT2D eigenvalue weighted by atomic mass is 16.3. The van der Waals surface area contributed by atoms with E-state index < -0.39 is 0 Å². The van der Waals surface area contributed by atoms with Gasteiger partial charge in [-0.25, -0.2) is 0 Å². The third-order valence-corrected chi connectivity index (χ3v) is 4.12. The second-order valence-electron chi connectivity index (χ2n) is 5.29. The van der Waals surface area contributed by atoms with Gasteiger partial charge in [-0.3, -0.25) is 4.79 Å². The summed E-state index contributed by atoms with van der Waals surface area (Å²) in [5.41, 5.74) is 0. The highest BCUT2D eigenvalue weighted by Crippen LogP contribution is 2.30. The highest BCUT2D eigenvalue weighted by molar-refractivity contribution is 5.79. The molecule has 0 unspecified atom stereocenters. The zero-order chi connectivity index (χ0) is 11.4. The van der Waals surface area contributed by atoms with E-state index in [-0.39, 0.29) is 5.92 Å². The predicted molar refractivity (Wildman–Crippen MR) is 63.0 cm³/mol. The quantitative estimate of drug-likeness (QED) is 0.778. The van der Waals surface area contributed by atoms with E-state index in [0.717, 1.165) is 38.8 Å². The van der Waals surface area contributed by atoms with Gasteiger partial charge < -0.3 is 10.0 Å². The Balaban J connectivity index is 1.81. The molecule has 2 aliphatic rings. The van der Waals surface area contributed by atoms with E-state index >= 15 is 0 Å². The third-order valence-electron chi connectivity index (χ3n) is 4.12. The van der Waals surface area contributed by atoms with Gasteiger partial charge in [0.2, 0.25) is 5.91 Å². The van der Waals surface area contributed by atoms with Gasteiger partial charge >= 0.3 is 0 Å². The van der Waals surface area contributed by atoms with E-state index in [1.807, 2.05) is 0 Å². The minimum absolute atomic E-state index is 0.251. The fourth-order valence-electron chi connectivity index (χ4n) is 2.96. The van der Waals surface area contributed by atoms with Gasteiger partial charge in [-0.05, 0) is 50.9 Å². The Morgan fingerprint density at radius 1 is 1.06 bits per heavy atom. The minimum Gasteiger partial charge on any atom is -0.396 e. The van der Waals surface area contributed by atoms with Crippen molar-refractivity contribution in [2.24, 2.45) is 11.8 Å². The van der Waals surface area contributed by atoms with E-state index in [1.54, 1.807) is 0 Å². The molecule has 1 N–H and O–H groups in total. The Bertz CT molecular complexity index is 228. The number of amides is 1. The number of aliphatic hydroxyl groups excluding tert-OH is 1. The van der Waals surface area contributed by atoms with Crippen molar-refractivity contribution in [2.45, 2.75) is 44.9 Å². The largest absolute Gasteiger partial charge is 0.396 e. The van der Waals surface area contributed by atoms with Crippen LogP contribution in [0.3, 0.4) is 0 Å². The van der Waals surface area contributed by atoms with Crippen LogP contribution in [0.5, 0.6) is 0 Å². The van der Waals surface area contributed by atoms with Crippen molar-refractivity contribution in [1.82, 2.24) is 4.90 Å². The molecule has 0 radical (unpaired) electrons. The molecule has 1 saturated carbocycles. The molecule has 3 nitrogen and oxygen atoms in total. The molecule has 92 valence electrons. The van der Waals surface area contributed by atoms with Crippen molar-refractivity contribution >= 4 is 5.91 Å². The van der Waals surface area contributed by atoms with Gasteiger partial charge in [-0.15, -0.1) is 0 Å². The second kappa shape index (κ2) is 5.67. The summed E-state index contributed by atoms with van der Waals surface area (Å²) >= 11 is 0. The predicted octanol–water partition coefficient (Wildman–Crippen LogP) is 1.80. The van der Waals surface area contributed by atoms with Crippen LogP contribution in [0.15, 0.2) is 0 Å². The average Bonchev–Trinajstić information content (AvgIpc) is 2.39. The molecule has 0 bridgehead atoms. The maximum absolute atomic E-state index is 12.2. The zero-order valence-electron chi connectivity index (χ0n) is 10.0. The topological polar surface area (TPSA) is 40.5 Å². The number of hydrogen-bond acceptors (Lipinski definition) is 2. The molecule has 0 aromatic heterocycles. The molecular weight excluding hydrogens is 202 g/mol. The summed E-state index contributed by atoms with van der Waals surface area (Å²) in [7, 11) is 0. The molecule has 1 saturated heterocycles. The van der Waals surface area contributed by atoms with Crippen LogP contribution in [0, 0.1) is 11.8 Å². The molecule has 2 fully saturated rings. The highest BCUT2D eigenvalue weighted by Gasteiger charge is 2.29. The van der Waals surface area contributed by atoms with Gasteiger partial charge in [0.25, 0.3) is 0 Å². The first-order valence-electron chi connectivity index (χ1n) is 6.71. The summed E-state index contributed by atoms with van der Waals surface area (Å²) in [6, 6.07) is 0. The Hall–Kier alpha value is -0.570. The van der Waals surface area contributed by atoms with Crippen molar-refractivity contribution in [3.63, 3.8) is 0 Å². The number of aliphatic hydroxyl groups is 1. The van der Waals surface area contributed by atoms with Crippen LogP contribution < -0.4 is 0 Å². The number of carbonyl (C=O) groups is 1. The molecule has 0 aromatic carbocycles. The van der Waals surface area contributed by atoms with Crippen LogP contribution >= 0.6 is 0 Å². The lowest BCUT2D eigenvalue weighted by molar-refractivity contribution is -0.137. The molecule has 3 heteroatoms. The molecule has 1 heterocycles. The van der Waals surface area contributed by atoms with Crippen molar-refractivity contribution < 1.29 is 9.90 Å². The summed E-state index contributed by atoms with van der Waals surface area (Å²) in [6.07, 6.45) is 7.67. The zero-order valence-corrected chi connectivity index (χ0v) is 10.0. The Kier molecular flexibility index (Phi) is 4.22. The lowest BCUT2D eigenvalue weighted by Gasteiger charge is -2.33. The molecule has 0 atom stereocenters. The van der Waals surface area contributed by atoms with Crippen molar-refractivity contribution in [3.8, 4) is 0 Å². The Morgan fingerprint density at radius 3 is 2.25 bits per heavy atom. The molecule has 16 heavy (non-hydrogen) atoms. The first-order chi connectivity index (χ1) is 7.81. The van der Waals surface area contributed by atoms with Gasteiger partial charge in [0, 0.05) is 25.6 Å². The van der Waals surface area contributed by atoms with Crippen molar-refractivity contribution in [3.05, 3.63) is 0 Å². The number of likely N-dealkylation sites (tertiary alicyclic amines) is 1. The molecule has 1 amide bonds. The fraction of sp³-hybridized carbons (Fsp3) is 0.923. The van der Waals surface area contributed by atoms with E-state index in [9.17, 15) is 4.79 Å². The van der Waals surface area contributed by atoms with Crippen LogP contribution in [0.25, 0.3) is 0 Å².